The SMILES string of the molecule is CC(C)CCOC(=O)Oc1ccc(C(C(C)COC(=O)C2CCCCC2)[C@H](N)C(=O)O)cc1OC(=O)OCCC(C)C. The highest BCUT2D eigenvalue weighted by Crippen LogP contribution is 2.36. The van der Waals surface area contributed by atoms with E-state index in [2.05, 4.69) is 0 Å². The Morgan fingerprint density at radius 1 is 0.833 bits per heavy atom. The standard InChI is InChI=1S/C31H47NO10/c1-19(2)13-15-38-30(36)41-24-12-11-23(17-25(24)42-31(37)39-16-14-20(3)4)26(27(32)28(33)34)21(5)18-40-29(35)22-9-7-6-8-10-22/h11-12,17,19-22,26-27H,6-10,13-16,18,32H2,1-5H3,(H,33,34)/t21?,26?,27-/m0/s1. The van der Waals surface area contributed by atoms with E-state index in [0.717, 1.165) is 32.1 Å². The number of hydrogen-bond acceptors (Lipinski definition) is 10. The summed E-state index contributed by atoms with van der Waals surface area (Å²) < 4.78 is 26.6. The molecule has 11 heteroatoms. The van der Waals surface area contributed by atoms with Gasteiger partial charge in [-0.25, -0.2) is 9.59 Å². The highest BCUT2D eigenvalue weighted by atomic mass is 16.7. The molecule has 0 amide bonds. The monoisotopic (exact) mass is 593 g/mol. The Balaban J connectivity index is 2.29. The van der Waals surface area contributed by atoms with Gasteiger partial charge in [0.05, 0.1) is 25.7 Å². The Kier molecular flexibility index (Phi) is 14.6. The van der Waals surface area contributed by atoms with Crippen LogP contribution in [0.3, 0.4) is 0 Å². The number of aliphatic carboxylic acids is 1. The Morgan fingerprint density at radius 3 is 1.90 bits per heavy atom. The average molecular weight is 594 g/mol. The van der Waals surface area contributed by atoms with Crippen LogP contribution < -0.4 is 15.2 Å². The number of hydrogen-bond donors (Lipinski definition) is 2. The molecule has 0 aliphatic heterocycles. The number of carboxylic acids is 1. The third-order valence-electron chi connectivity index (χ3n) is 7.28. The average Bonchev–Trinajstić information content (AvgIpc) is 2.93. The van der Waals surface area contributed by atoms with Crippen molar-refractivity contribution in [2.45, 2.75) is 91.5 Å². The summed E-state index contributed by atoms with van der Waals surface area (Å²) in [5.74, 6) is -2.73. The van der Waals surface area contributed by atoms with E-state index in [0.29, 0.717) is 30.2 Å². The van der Waals surface area contributed by atoms with Crippen LogP contribution in [0, 0.1) is 23.7 Å². The van der Waals surface area contributed by atoms with Crippen LogP contribution in [-0.4, -0.2) is 55.2 Å². The molecule has 0 heterocycles. The quantitative estimate of drug-likeness (QED) is 0.138. The topological polar surface area (TPSA) is 161 Å². The Bertz CT molecular complexity index is 1030. The summed E-state index contributed by atoms with van der Waals surface area (Å²) in [5, 5.41) is 9.77. The fourth-order valence-corrected chi connectivity index (χ4v) is 4.71. The summed E-state index contributed by atoms with van der Waals surface area (Å²) in [7, 11) is 0. The van der Waals surface area contributed by atoms with Crippen molar-refractivity contribution in [3.8, 4) is 11.5 Å². The molecular formula is C31H47NO10. The molecule has 0 saturated heterocycles. The van der Waals surface area contributed by atoms with Crippen LogP contribution in [-0.2, 0) is 23.8 Å². The first-order chi connectivity index (χ1) is 19.9. The molecule has 2 rings (SSSR count). The number of rotatable bonds is 15. The van der Waals surface area contributed by atoms with Crippen LogP contribution in [0.1, 0.15) is 91.0 Å². The lowest BCUT2D eigenvalue weighted by Gasteiger charge is -2.29. The maximum atomic E-state index is 12.6. The summed E-state index contributed by atoms with van der Waals surface area (Å²) in [4.78, 5) is 49.4. The normalized spacial score (nSPS) is 15.9. The first kappa shape index (κ1) is 34.9. The third-order valence-corrected chi connectivity index (χ3v) is 7.28. The maximum absolute atomic E-state index is 12.6. The molecule has 42 heavy (non-hydrogen) atoms. The number of benzene rings is 1. The number of nitrogens with two attached hydrogens (primary N) is 1. The lowest BCUT2D eigenvalue weighted by Crippen LogP contribution is -2.41. The lowest BCUT2D eigenvalue weighted by molar-refractivity contribution is -0.151. The van der Waals surface area contributed by atoms with Crippen molar-refractivity contribution in [1.82, 2.24) is 0 Å². The van der Waals surface area contributed by atoms with Crippen molar-refractivity contribution in [3.05, 3.63) is 23.8 Å². The Hall–Kier alpha value is -3.34. The molecule has 0 bridgehead atoms. The van der Waals surface area contributed by atoms with Crippen LogP contribution >= 0.6 is 0 Å². The minimum Gasteiger partial charge on any atom is -0.480 e. The molecule has 0 spiro atoms. The van der Waals surface area contributed by atoms with Gasteiger partial charge in [-0.1, -0.05) is 59.9 Å². The van der Waals surface area contributed by atoms with Crippen LogP contribution in [0.2, 0.25) is 0 Å². The molecule has 1 aromatic carbocycles. The van der Waals surface area contributed by atoms with Crippen molar-refractivity contribution in [2.75, 3.05) is 19.8 Å². The van der Waals surface area contributed by atoms with Crippen molar-refractivity contribution < 1.29 is 48.0 Å². The van der Waals surface area contributed by atoms with Gasteiger partial charge >= 0.3 is 24.2 Å². The van der Waals surface area contributed by atoms with Gasteiger partial charge < -0.3 is 34.5 Å². The largest absolute Gasteiger partial charge is 0.513 e. The second-order valence-corrected chi connectivity index (χ2v) is 11.8. The molecule has 236 valence electrons. The van der Waals surface area contributed by atoms with Crippen molar-refractivity contribution in [3.63, 3.8) is 0 Å². The molecule has 1 aromatic rings. The molecule has 1 aliphatic carbocycles. The highest BCUT2D eigenvalue weighted by molar-refractivity contribution is 5.75. The molecule has 1 saturated carbocycles. The van der Waals surface area contributed by atoms with E-state index in [1.165, 1.54) is 18.2 Å². The first-order valence-corrected chi connectivity index (χ1v) is 14.9. The number of carbonyl (C=O) groups is 4. The van der Waals surface area contributed by atoms with Gasteiger partial charge in [0.1, 0.15) is 6.04 Å². The molecule has 0 aromatic heterocycles. The van der Waals surface area contributed by atoms with Gasteiger partial charge in [-0.3, -0.25) is 9.59 Å². The zero-order valence-corrected chi connectivity index (χ0v) is 25.5. The zero-order valence-electron chi connectivity index (χ0n) is 25.5. The molecule has 3 N–H and O–H groups in total. The zero-order chi connectivity index (χ0) is 31.2. The summed E-state index contributed by atoms with van der Waals surface area (Å²) in [6.07, 6.45) is 3.86. The number of carbonyl (C=O) groups excluding carboxylic acids is 3. The van der Waals surface area contributed by atoms with Gasteiger partial charge in [0, 0.05) is 5.92 Å². The Morgan fingerprint density at radius 2 is 1.38 bits per heavy atom. The van der Waals surface area contributed by atoms with E-state index in [1.807, 2.05) is 27.7 Å². The summed E-state index contributed by atoms with van der Waals surface area (Å²) in [5.41, 5.74) is 6.49. The summed E-state index contributed by atoms with van der Waals surface area (Å²) in [6, 6.07) is 2.92. The predicted octanol–water partition coefficient (Wildman–Crippen LogP) is 6.06. The van der Waals surface area contributed by atoms with Crippen LogP contribution in [0.15, 0.2) is 18.2 Å². The van der Waals surface area contributed by atoms with Gasteiger partial charge in [-0.05, 0) is 61.1 Å². The fraction of sp³-hybridized carbons (Fsp3) is 0.677. The smallest absolute Gasteiger partial charge is 0.480 e. The van der Waals surface area contributed by atoms with Gasteiger partial charge in [-0.2, -0.15) is 0 Å². The second kappa shape index (κ2) is 17.6. The van der Waals surface area contributed by atoms with Crippen LogP contribution in [0.5, 0.6) is 11.5 Å². The van der Waals surface area contributed by atoms with Crippen molar-refractivity contribution in [1.29, 1.82) is 0 Å². The minimum absolute atomic E-state index is 0.0468. The number of ether oxygens (including phenoxy) is 5. The van der Waals surface area contributed by atoms with Crippen molar-refractivity contribution in [2.24, 2.45) is 29.4 Å². The molecule has 0 radical (unpaired) electrons. The molecule has 3 atom stereocenters. The van der Waals surface area contributed by atoms with E-state index in [9.17, 15) is 24.3 Å². The molecular weight excluding hydrogens is 546 g/mol. The van der Waals surface area contributed by atoms with Gasteiger partial charge in [0.2, 0.25) is 0 Å². The number of esters is 1. The van der Waals surface area contributed by atoms with E-state index in [4.69, 9.17) is 29.4 Å². The fourth-order valence-electron chi connectivity index (χ4n) is 4.71. The van der Waals surface area contributed by atoms with Gasteiger partial charge in [0.15, 0.2) is 11.5 Å². The molecule has 1 fully saturated rings. The van der Waals surface area contributed by atoms with Gasteiger partial charge in [-0.15, -0.1) is 0 Å². The Labute approximate surface area is 248 Å². The second-order valence-electron chi connectivity index (χ2n) is 11.8. The first-order valence-electron chi connectivity index (χ1n) is 14.9. The van der Waals surface area contributed by atoms with E-state index >= 15 is 0 Å². The summed E-state index contributed by atoms with van der Waals surface area (Å²) >= 11 is 0. The van der Waals surface area contributed by atoms with Crippen LogP contribution in [0.25, 0.3) is 0 Å². The minimum atomic E-state index is -1.37. The third kappa shape index (κ3) is 11.9. The molecule has 2 unspecified atom stereocenters. The highest BCUT2D eigenvalue weighted by Gasteiger charge is 2.33. The molecule has 11 nitrogen and oxygen atoms in total. The lowest BCUT2D eigenvalue weighted by atomic mass is 9.82. The van der Waals surface area contributed by atoms with Gasteiger partial charge in [0.25, 0.3) is 0 Å². The maximum Gasteiger partial charge on any atom is 0.513 e. The van der Waals surface area contributed by atoms with E-state index in [1.54, 1.807) is 6.92 Å². The van der Waals surface area contributed by atoms with Crippen molar-refractivity contribution >= 4 is 24.2 Å². The summed E-state index contributed by atoms with van der Waals surface area (Å²) in [6.45, 7) is 9.89. The van der Waals surface area contributed by atoms with E-state index in [-0.39, 0.29) is 43.2 Å². The van der Waals surface area contributed by atoms with E-state index < -0.39 is 36.2 Å². The number of carboxylic acid groups (broad SMARTS) is 1. The molecule has 1 aliphatic rings. The van der Waals surface area contributed by atoms with Crippen LogP contribution in [0.4, 0.5) is 9.59 Å². The predicted molar refractivity (Wildman–Crippen MR) is 154 cm³/mol.